The fraction of sp³-hybridized carbons (Fsp3) is 0.929. The molecule has 0 aromatic heterocycles. The molecule has 5 unspecified atom stereocenters. The first kappa shape index (κ1) is 12.9. The summed E-state index contributed by atoms with van der Waals surface area (Å²) in [6.45, 7) is 5.92. The topological polar surface area (TPSA) is 55.1 Å². The molecule has 2 saturated carbocycles. The highest BCUT2D eigenvalue weighted by molar-refractivity contribution is 5.85. The predicted octanol–water partition coefficient (Wildman–Crippen LogP) is 2.05. The highest BCUT2D eigenvalue weighted by Gasteiger charge is 2.42. The van der Waals surface area contributed by atoms with Crippen molar-refractivity contribution < 1.29 is 4.79 Å². The molecule has 3 nitrogen and oxygen atoms in total. The smallest absolute Gasteiger partial charge is 0.239 e. The standard InChI is InChI=1S/C14H26N2O/c1-4-14(3,15)13(17)16-9(2)12-8-10-5-6-11(12)7-10/h9-12H,4-8,15H2,1-3H3,(H,16,17). The second-order valence-electron chi connectivity index (χ2n) is 6.37. The zero-order chi connectivity index (χ0) is 12.6. The Bertz CT molecular complexity index is 301. The van der Waals surface area contributed by atoms with Gasteiger partial charge in [0.2, 0.25) is 5.91 Å². The minimum Gasteiger partial charge on any atom is -0.352 e. The summed E-state index contributed by atoms with van der Waals surface area (Å²) in [6, 6.07) is 0.284. The molecule has 2 fully saturated rings. The lowest BCUT2D eigenvalue weighted by Crippen LogP contribution is -2.54. The monoisotopic (exact) mass is 238 g/mol. The van der Waals surface area contributed by atoms with E-state index in [0.717, 1.165) is 11.8 Å². The van der Waals surface area contributed by atoms with Gasteiger partial charge in [0.25, 0.3) is 0 Å². The lowest BCUT2D eigenvalue weighted by molar-refractivity contribution is -0.127. The first-order valence-corrected chi connectivity index (χ1v) is 7.04. The van der Waals surface area contributed by atoms with Gasteiger partial charge in [0.1, 0.15) is 0 Å². The highest BCUT2D eigenvalue weighted by Crippen LogP contribution is 2.49. The molecule has 0 heterocycles. The summed E-state index contributed by atoms with van der Waals surface area (Å²) >= 11 is 0. The summed E-state index contributed by atoms with van der Waals surface area (Å²) in [6.07, 6.45) is 6.15. The minimum absolute atomic E-state index is 0.00951. The number of fused-ring (bicyclic) bond motifs is 2. The van der Waals surface area contributed by atoms with Gasteiger partial charge >= 0.3 is 0 Å². The number of hydrogen-bond donors (Lipinski definition) is 2. The van der Waals surface area contributed by atoms with E-state index in [4.69, 9.17) is 5.73 Å². The fourth-order valence-corrected chi connectivity index (χ4v) is 3.55. The number of carbonyl (C=O) groups is 1. The van der Waals surface area contributed by atoms with E-state index in [1.54, 1.807) is 0 Å². The first-order valence-electron chi connectivity index (χ1n) is 7.04. The molecule has 0 spiro atoms. The third-order valence-corrected chi connectivity index (χ3v) is 5.05. The molecule has 2 aliphatic rings. The maximum absolute atomic E-state index is 12.0. The minimum atomic E-state index is -0.716. The average molecular weight is 238 g/mol. The molecule has 17 heavy (non-hydrogen) atoms. The van der Waals surface area contributed by atoms with Crippen molar-refractivity contribution in [2.24, 2.45) is 23.5 Å². The van der Waals surface area contributed by atoms with Crippen molar-refractivity contribution in [2.45, 2.75) is 64.5 Å². The third kappa shape index (κ3) is 2.49. The molecular weight excluding hydrogens is 212 g/mol. The van der Waals surface area contributed by atoms with Gasteiger partial charge in [-0.15, -0.1) is 0 Å². The van der Waals surface area contributed by atoms with Gasteiger partial charge in [-0.3, -0.25) is 4.79 Å². The summed E-state index contributed by atoms with van der Waals surface area (Å²) in [5.74, 6) is 2.47. The van der Waals surface area contributed by atoms with Crippen LogP contribution in [0.3, 0.4) is 0 Å². The normalized spacial score (nSPS) is 36.6. The molecule has 0 aliphatic heterocycles. The van der Waals surface area contributed by atoms with Crippen LogP contribution in [0.5, 0.6) is 0 Å². The van der Waals surface area contributed by atoms with Crippen molar-refractivity contribution in [2.75, 3.05) is 0 Å². The maximum atomic E-state index is 12.0. The van der Waals surface area contributed by atoms with Crippen LogP contribution < -0.4 is 11.1 Å². The Labute approximate surface area is 105 Å². The van der Waals surface area contributed by atoms with Crippen LogP contribution in [0.25, 0.3) is 0 Å². The van der Waals surface area contributed by atoms with E-state index in [2.05, 4.69) is 12.2 Å². The Balaban J connectivity index is 1.89. The SMILES string of the molecule is CCC(C)(N)C(=O)NC(C)C1CC2CCC1C2. The van der Waals surface area contributed by atoms with Crippen LogP contribution in [0.15, 0.2) is 0 Å². The summed E-state index contributed by atoms with van der Waals surface area (Å²) in [5, 5.41) is 3.13. The van der Waals surface area contributed by atoms with Crippen LogP contribution in [-0.4, -0.2) is 17.5 Å². The van der Waals surface area contributed by atoms with E-state index >= 15 is 0 Å². The van der Waals surface area contributed by atoms with Gasteiger partial charge in [-0.05, 0) is 57.3 Å². The van der Waals surface area contributed by atoms with Gasteiger partial charge < -0.3 is 11.1 Å². The predicted molar refractivity (Wildman–Crippen MR) is 69.4 cm³/mol. The van der Waals surface area contributed by atoms with Crippen molar-refractivity contribution in [3.05, 3.63) is 0 Å². The Morgan fingerprint density at radius 1 is 1.47 bits per heavy atom. The van der Waals surface area contributed by atoms with Gasteiger partial charge in [0.05, 0.1) is 5.54 Å². The largest absolute Gasteiger partial charge is 0.352 e. The lowest BCUT2D eigenvalue weighted by Gasteiger charge is -2.31. The Morgan fingerprint density at radius 3 is 2.65 bits per heavy atom. The highest BCUT2D eigenvalue weighted by atomic mass is 16.2. The lowest BCUT2D eigenvalue weighted by atomic mass is 9.83. The van der Waals surface area contributed by atoms with E-state index in [1.165, 1.54) is 25.7 Å². The molecule has 3 heteroatoms. The molecule has 0 aromatic rings. The Morgan fingerprint density at radius 2 is 2.18 bits per heavy atom. The van der Waals surface area contributed by atoms with Gasteiger partial charge in [0.15, 0.2) is 0 Å². The molecule has 0 aromatic carbocycles. The van der Waals surface area contributed by atoms with Crippen molar-refractivity contribution in [3.63, 3.8) is 0 Å². The van der Waals surface area contributed by atoms with E-state index in [-0.39, 0.29) is 11.9 Å². The van der Waals surface area contributed by atoms with Crippen molar-refractivity contribution in [1.82, 2.24) is 5.32 Å². The molecule has 2 rings (SSSR count). The maximum Gasteiger partial charge on any atom is 0.239 e. The molecule has 1 amide bonds. The number of nitrogens with one attached hydrogen (secondary N) is 1. The number of carbonyl (C=O) groups excluding carboxylic acids is 1. The van der Waals surface area contributed by atoms with Crippen LogP contribution in [-0.2, 0) is 4.79 Å². The van der Waals surface area contributed by atoms with Gasteiger partial charge in [0, 0.05) is 6.04 Å². The number of hydrogen-bond acceptors (Lipinski definition) is 2. The number of nitrogens with two attached hydrogens (primary N) is 1. The Hall–Kier alpha value is -0.570. The van der Waals surface area contributed by atoms with Crippen LogP contribution in [0.2, 0.25) is 0 Å². The average Bonchev–Trinajstić information content (AvgIpc) is 2.90. The van der Waals surface area contributed by atoms with E-state index in [0.29, 0.717) is 12.3 Å². The quantitative estimate of drug-likeness (QED) is 0.787. The zero-order valence-electron chi connectivity index (χ0n) is 11.3. The van der Waals surface area contributed by atoms with Gasteiger partial charge in [-0.25, -0.2) is 0 Å². The van der Waals surface area contributed by atoms with E-state index in [9.17, 15) is 4.79 Å². The third-order valence-electron chi connectivity index (χ3n) is 5.05. The summed E-state index contributed by atoms with van der Waals surface area (Å²) in [7, 11) is 0. The molecule has 5 atom stereocenters. The van der Waals surface area contributed by atoms with Crippen molar-refractivity contribution in [1.29, 1.82) is 0 Å². The van der Waals surface area contributed by atoms with Crippen molar-refractivity contribution >= 4 is 5.91 Å². The molecule has 3 N–H and O–H groups in total. The second kappa shape index (κ2) is 4.60. The van der Waals surface area contributed by atoms with Crippen LogP contribution in [0.4, 0.5) is 0 Å². The van der Waals surface area contributed by atoms with E-state index < -0.39 is 5.54 Å². The molecule has 2 aliphatic carbocycles. The molecule has 98 valence electrons. The number of rotatable bonds is 4. The Kier molecular flexibility index (Phi) is 3.48. The first-order chi connectivity index (χ1) is 7.94. The van der Waals surface area contributed by atoms with E-state index in [1.807, 2.05) is 13.8 Å². The summed E-state index contributed by atoms with van der Waals surface area (Å²) in [4.78, 5) is 12.0. The summed E-state index contributed by atoms with van der Waals surface area (Å²) in [5.41, 5.74) is 5.25. The fourth-order valence-electron chi connectivity index (χ4n) is 3.55. The zero-order valence-corrected chi connectivity index (χ0v) is 11.3. The molecule has 0 radical (unpaired) electrons. The summed E-state index contributed by atoms with van der Waals surface area (Å²) < 4.78 is 0. The molecule has 2 bridgehead atoms. The molecule has 0 saturated heterocycles. The van der Waals surface area contributed by atoms with Crippen molar-refractivity contribution in [3.8, 4) is 0 Å². The van der Waals surface area contributed by atoms with Crippen LogP contribution in [0.1, 0.15) is 52.9 Å². The van der Waals surface area contributed by atoms with Crippen LogP contribution >= 0.6 is 0 Å². The second-order valence-corrected chi connectivity index (χ2v) is 6.37. The van der Waals surface area contributed by atoms with Crippen LogP contribution in [0, 0.1) is 17.8 Å². The van der Waals surface area contributed by atoms with Gasteiger partial charge in [-0.1, -0.05) is 13.3 Å². The number of amides is 1. The van der Waals surface area contributed by atoms with Gasteiger partial charge in [-0.2, -0.15) is 0 Å². The molecular formula is C14H26N2O.